The second-order valence-corrected chi connectivity index (χ2v) is 5.23. The van der Waals surface area contributed by atoms with E-state index >= 15 is 0 Å². The van der Waals surface area contributed by atoms with Gasteiger partial charge in [0.05, 0.1) is 6.54 Å². The van der Waals surface area contributed by atoms with Crippen LogP contribution in [0.25, 0.3) is 0 Å². The van der Waals surface area contributed by atoms with Crippen LogP contribution in [0.5, 0.6) is 0 Å². The fourth-order valence-corrected chi connectivity index (χ4v) is 2.50. The van der Waals surface area contributed by atoms with Crippen LogP contribution in [0.4, 0.5) is 0 Å². The standard InChI is InChI=1S/C14H13N3O3S/c1-17(14(20)12-4-5-13(19)16-15-12)8-11-7-10(9-21-11)3-2-6-18/h4-5,7,9,18H,6,8H2,1H3,(H,16,19). The minimum atomic E-state index is -0.348. The minimum absolute atomic E-state index is 0.179. The van der Waals surface area contributed by atoms with Crippen LogP contribution in [0.15, 0.2) is 28.4 Å². The zero-order valence-electron chi connectivity index (χ0n) is 11.3. The van der Waals surface area contributed by atoms with E-state index in [1.54, 1.807) is 7.05 Å². The van der Waals surface area contributed by atoms with Gasteiger partial charge in [-0.15, -0.1) is 11.3 Å². The van der Waals surface area contributed by atoms with Crippen molar-refractivity contribution in [2.24, 2.45) is 0 Å². The summed E-state index contributed by atoms with van der Waals surface area (Å²) in [6.07, 6.45) is 0. The predicted octanol–water partition coefficient (Wildman–Crippen LogP) is 0.447. The van der Waals surface area contributed by atoms with E-state index in [1.807, 2.05) is 11.4 Å². The Morgan fingerprint density at radius 1 is 1.52 bits per heavy atom. The summed E-state index contributed by atoms with van der Waals surface area (Å²) in [5.74, 6) is 5.11. The number of carbonyl (C=O) groups excluding carboxylic acids is 1. The van der Waals surface area contributed by atoms with Crippen molar-refractivity contribution in [2.45, 2.75) is 6.54 Å². The van der Waals surface area contributed by atoms with Crippen molar-refractivity contribution in [2.75, 3.05) is 13.7 Å². The first-order valence-electron chi connectivity index (χ1n) is 6.08. The number of hydrogen-bond donors (Lipinski definition) is 2. The van der Waals surface area contributed by atoms with E-state index in [1.165, 1.54) is 28.4 Å². The van der Waals surface area contributed by atoms with E-state index in [-0.39, 0.29) is 23.8 Å². The number of thiophene rings is 1. The Labute approximate surface area is 125 Å². The highest BCUT2D eigenvalue weighted by Gasteiger charge is 2.14. The van der Waals surface area contributed by atoms with Crippen molar-refractivity contribution < 1.29 is 9.90 Å². The summed E-state index contributed by atoms with van der Waals surface area (Å²) in [6, 6.07) is 4.53. The lowest BCUT2D eigenvalue weighted by atomic mass is 10.3. The highest BCUT2D eigenvalue weighted by Crippen LogP contribution is 2.16. The Morgan fingerprint density at radius 3 is 3.00 bits per heavy atom. The smallest absolute Gasteiger partial charge is 0.274 e. The third-order valence-electron chi connectivity index (χ3n) is 2.60. The molecule has 1 amide bonds. The first-order valence-corrected chi connectivity index (χ1v) is 6.96. The van der Waals surface area contributed by atoms with Gasteiger partial charge in [-0.2, -0.15) is 5.10 Å². The Kier molecular flexibility index (Phi) is 4.87. The molecule has 2 N–H and O–H groups in total. The number of aliphatic hydroxyl groups is 1. The largest absolute Gasteiger partial charge is 0.384 e. The summed E-state index contributed by atoms with van der Waals surface area (Å²) in [7, 11) is 1.66. The molecule has 0 radical (unpaired) electrons. The van der Waals surface area contributed by atoms with Gasteiger partial charge < -0.3 is 10.0 Å². The van der Waals surface area contributed by atoms with Gasteiger partial charge in [0, 0.05) is 28.9 Å². The number of H-pyrrole nitrogens is 1. The lowest BCUT2D eigenvalue weighted by Gasteiger charge is -2.15. The Balaban J connectivity index is 2.05. The van der Waals surface area contributed by atoms with E-state index in [0.29, 0.717) is 6.54 Å². The first kappa shape index (κ1) is 15.0. The molecule has 2 aromatic rings. The van der Waals surface area contributed by atoms with Crippen LogP contribution >= 0.6 is 11.3 Å². The molecule has 7 heteroatoms. The van der Waals surface area contributed by atoms with E-state index in [2.05, 4.69) is 22.0 Å². The van der Waals surface area contributed by atoms with Gasteiger partial charge in [-0.1, -0.05) is 11.8 Å². The van der Waals surface area contributed by atoms with Gasteiger partial charge in [0.25, 0.3) is 11.5 Å². The van der Waals surface area contributed by atoms with Gasteiger partial charge >= 0.3 is 0 Å². The minimum Gasteiger partial charge on any atom is -0.384 e. The fraction of sp³-hybridized carbons (Fsp3) is 0.214. The second kappa shape index (κ2) is 6.83. The van der Waals surface area contributed by atoms with Gasteiger partial charge in [0.1, 0.15) is 12.3 Å². The molecule has 0 spiro atoms. The normalized spacial score (nSPS) is 9.81. The number of aromatic nitrogens is 2. The van der Waals surface area contributed by atoms with E-state index < -0.39 is 0 Å². The Hall–Kier alpha value is -2.43. The number of hydrogen-bond acceptors (Lipinski definition) is 5. The maximum atomic E-state index is 12.1. The molecule has 2 aromatic heterocycles. The summed E-state index contributed by atoms with van der Waals surface area (Å²) in [6.45, 7) is 0.243. The number of nitrogens with one attached hydrogen (secondary N) is 1. The molecule has 0 aliphatic rings. The van der Waals surface area contributed by atoms with Gasteiger partial charge in [0.2, 0.25) is 0 Å². The highest BCUT2D eigenvalue weighted by atomic mass is 32.1. The molecule has 0 aliphatic carbocycles. The molecule has 0 saturated heterocycles. The van der Waals surface area contributed by atoms with Crippen molar-refractivity contribution >= 4 is 17.2 Å². The predicted molar refractivity (Wildman–Crippen MR) is 78.9 cm³/mol. The number of carbonyl (C=O) groups is 1. The summed E-state index contributed by atoms with van der Waals surface area (Å²) >= 11 is 1.49. The summed E-state index contributed by atoms with van der Waals surface area (Å²) in [5.41, 5.74) is 0.653. The van der Waals surface area contributed by atoms with Crippen molar-refractivity contribution in [1.82, 2.24) is 15.1 Å². The third-order valence-corrected chi connectivity index (χ3v) is 3.52. The maximum absolute atomic E-state index is 12.1. The van der Waals surface area contributed by atoms with Crippen LogP contribution in [0.2, 0.25) is 0 Å². The monoisotopic (exact) mass is 303 g/mol. The lowest BCUT2D eigenvalue weighted by molar-refractivity contribution is 0.0779. The van der Waals surface area contributed by atoms with Crippen molar-refractivity contribution in [1.29, 1.82) is 0 Å². The maximum Gasteiger partial charge on any atom is 0.274 e. The number of rotatable bonds is 3. The van der Waals surface area contributed by atoms with Crippen molar-refractivity contribution in [3.63, 3.8) is 0 Å². The molecule has 6 nitrogen and oxygen atoms in total. The number of aromatic amines is 1. The molecule has 2 heterocycles. The van der Waals surface area contributed by atoms with Crippen LogP contribution in [-0.2, 0) is 6.54 Å². The molecule has 0 aliphatic heterocycles. The average Bonchev–Trinajstić information content (AvgIpc) is 2.92. The number of nitrogens with zero attached hydrogens (tertiary/aromatic N) is 2. The average molecular weight is 303 g/mol. The van der Waals surface area contributed by atoms with Gasteiger partial charge in [-0.3, -0.25) is 9.59 Å². The summed E-state index contributed by atoms with van der Waals surface area (Å²) in [4.78, 5) is 25.5. The third kappa shape index (κ3) is 4.02. The van der Waals surface area contributed by atoms with Crippen molar-refractivity contribution in [3.05, 3.63) is 50.1 Å². The Bertz CT molecular complexity index is 734. The fourth-order valence-electron chi connectivity index (χ4n) is 1.64. The second-order valence-electron chi connectivity index (χ2n) is 4.23. The SMILES string of the molecule is CN(Cc1cc(C#CCO)cs1)C(=O)c1ccc(=O)[nH]n1. The molecule has 0 aromatic carbocycles. The number of aliphatic hydroxyl groups excluding tert-OH is 1. The molecule has 0 atom stereocenters. The van der Waals surface area contributed by atoms with Crippen molar-refractivity contribution in [3.8, 4) is 11.8 Å². The summed E-state index contributed by atoms with van der Waals surface area (Å²) < 4.78 is 0. The molecular weight excluding hydrogens is 290 g/mol. The molecule has 0 unspecified atom stereocenters. The number of amides is 1. The molecule has 21 heavy (non-hydrogen) atoms. The van der Waals surface area contributed by atoms with Crippen LogP contribution in [0, 0.1) is 11.8 Å². The Morgan fingerprint density at radius 2 is 2.33 bits per heavy atom. The lowest BCUT2D eigenvalue weighted by Crippen LogP contribution is -2.27. The van der Waals surface area contributed by atoms with Gasteiger partial charge in [-0.25, -0.2) is 5.10 Å². The zero-order chi connectivity index (χ0) is 15.2. The topological polar surface area (TPSA) is 86.3 Å². The molecule has 0 saturated carbocycles. The van der Waals surface area contributed by atoms with E-state index in [9.17, 15) is 9.59 Å². The van der Waals surface area contributed by atoms with Crippen LogP contribution in [-0.4, -0.2) is 39.8 Å². The van der Waals surface area contributed by atoms with Crippen LogP contribution in [0.3, 0.4) is 0 Å². The van der Waals surface area contributed by atoms with Crippen LogP contribution in [0.1, 0.15) is 20.9 Å². The molecule has 2 rings (SSSR count). The molecule has 0 bridgehead atoms. The molecule has 108 valence electrons. The van der Waals surface area contributed by atoms with E-state index in [4.69, 9.17) is 5.11 Å². The van der Waals surface area contributed by atoms with Crippen LogP contribution < -0.4 is 5.56 Å². The van der Waals surface area contributed by atoms with Gasteiger partial charge in [-0.05, 0) is 12.1 Å². The zero-order valence-corrected chi connectivity index (χ0v) is 12.1. The highest BCUT2D eigenvalue weighted by molar-refractivity contribution is 7.10. The quantitative estimate of drug-likeness (QED) is 0.806. The first-order chi connectivity index (χ1) is 10.1. The molecule has 0 fully saturated rings. The van der Waals surface area contributed by atoms with Gasteiger partial charge in [0.15, 0.2) is 0 Å². The molecular formula is C14H13N3O3S. The van der Waals surface area contributed by atoms with E-state index in [0.717, 1.165) is 10.4 Å². The summed E-state index contributed by atoms with van der Waals surface area (Å²) in [5, 5.41) is 16.5.